The van der Waals surface area contributed by atoms with Gasteiger partial charge >= 0.3 is 0 Å². The quantitative estimate of drug-likeness (QED) is 0.839. The first-order chi connectivity index (χ1) is 9.49. The van der Waals surface area contributed by atoms with Crippen LogP contribution in [0.4, 0.5) is 4.39 Å². The summed E-state index contributed by atoms with van der Waals surface area (Å²) in [7, 11) is 0. The molecule has 1 N–H and O–H groups in total. The van der Waals surface area contributed by atoms with Gasteiger partial charge in [0.05, 0.1) is 13.2 Å². The number of nitrogens with one attached hydrogen (secondary N) is 1. The van der Waals surface area contributed by atoms with E-state index in [9.17, 15) is 9.18 Å². The monoisotopic (exact) mass is 281 g/mol. The molecule has 1 saturated heterocycles. The second-order valence-electron chi connectivity index (χ2n) is 5.44. The van der Waals surface area contributed by atoms with E-state index in [4.69, 9.17) is 4.74 Å². The van der Waals surface area contributed by atoms with Crippen molar-refractivity contribution in [3.05, 3.63) is 29.8 Å². The standard InChI is InChI=1S/C14H20FN3O2/c1-14(2,18-6-8-20-9-7-18)10-16-13(19)11-4-3-5-12(15)17-11/h3-5H,6-10H2,1-2H3,(H,16,19). The van der Waals surface area contributed by atoms with Crippen molar-refractivity contribution >= 4 is 5.91 Å². The highest BCUT2D eigenvalue weighted by atomic mass is 19.1. The van der Waals surface area contributed by atoms with Crippen molar-refractivity contribution in [2.24, 2.45) is 0 Å². The first-order valence-corrected chi connectivity index (χ1v) is 6.72. The van der Waals surface area contributed by atoms with Crippen LogP contribution in [-0.2, 0) is 4.74 Å². The smallest absolute Gasteiger partial charge is 0.270 e. The lowest BCUT2D eigenvalue weighted by molar-refractivity contribution is -0.00924. The third kappa shape index (κ3) is 3.74. The van der Waals surface area contributed by atoms with Gasteiger partial charge in [0.15, 0.2) is 0 Å². The Morgan fingerprint density at radius 1 is 1.45 bits per heavy atom. The number of rotatable bonds is 4. The number of hydrogen-bond acceptors (Lipinski definition) is 4. The van der Waals surface area contributed by atoms with Gasteiger partial charge in [-0.25, -0.2) is 4.98 Å². The van der Waals surface area contributed by atoms with Crippen molar-refractivity contribution in [3.8, 4) is 0 Å². The van der Waals surface area contributed by atoms with Crippen molar-refractivity contribution in [1.82, 2.24) is 15.2 Å². The third-order valence-corrected chi connectivity index (χ3v) is 3.50. The fourth-order valence-corrected chi connectivity index (χ4v) is 2.20. The summed E-state index contributed by atoms with van der Waals surface area (Å²) < 4.78 is 18.3. The lowest BCUT2D eigenvalue weighted by atomic mass is 10.0. The van der Waals surface area contributed by atoms with Crippen molar-refractivity contribution < 1.29 is 13.9 Å². The molecule has 110 valence electrons. The van der Waals surface area contributed by atoms with Crippen LogP contribution in [0.1, 0.15) is 24.3 Å². The maximum absolute atomic E-state index is 13.0. The summed E-state index contributed by atoms with van der Waals surface area (Å²) >= 11 is 0. The minimum Gasteiger partial charge on any atom is -0.379 e. The molecule has 0 atom stereocenters. The minimum atomic E-state index is -0.648. The summed E-state index contributed by atoms with van der Waals surface area (Å²) in [6.07, 6.45) is 0. The van der Waals surface area contributed by atoms with Crippen LogP contribution in [0.5, 0.6) is 0 Å². The number of pyridine rings is 1. The first kappa shape index (κ1) is 14.9. The zero-order chi connectivity index (χ0) is 14.6. The number of amides is 1. The zero-order valence-electron chi connectivity index (χ0n) is 11.9. The molecule has 1 aliphatic heterocycles. The highest BCUT2D eigenvalue weighted by Crippen LogP contribution is 2.15. The van der Waals surface area contributed by atoms with E-state index in [2.05, 4.69) is 29.0 Å². The van der Waals surface area contributed by atoms with Gasteiger partial charge in [0, 0.05) is 25.2 Å². The van der Waals surface area contributed by atoms with Crippen LogP contribution in [-0.4, -0.2) is 54.2 Å². The second-order valence-corrected chi connectivity index (χ2v) is 5.44. The second kappa shape index (κ2) is 6.28. The number of ether oxygens (including phenoxy) is 1. The lowest BCUT2D eigenvalue weighted by Crippen LogP contribution is -2.55. The van der Waals surface area contributed by atoms with Crippen LogP contribution >= 0.6 is 0 Å². The molecule has 0 saturated carbocycles. The molecule has 0 radical (unpaired) electrons. The van der Waals surface area contributed by atoms with Crippen molar-refractivity contribution in [2.75, 3.05) is 32.8 Å². The van der Waals surface area contributed by atoms with E-state index in [1.165, 1.54) is 18.2 Å². The normalized spacial score (nSPS) is 16.9. The average molecular weight is 281 g/mol. The molecule has 6 heteroatoms. The maximum Gasteiger partial charge on any atom is 0.270 e. The topological polar surface area (TPSA) is 54.5 Å². The largest absolute Gasteiger partial charge is 0.379 e. The summed E-state index contributed by atoms with van der Waals surface area (Å²) in [5, 5.41) is 2.81. The maximum atomic E-state index is 13.0. The van der Waals surface area contributed by atoms with E-state index < -0.39 is 5.95 Å². The van der Waals surface area contributed by atoms with Crippen LogP contribution in [0.15, 0.2) is 18.2 Å². The molecule has 1 fully saturated rings. The van der Waals surface area contributed by atoms with E-state index in [0.717, 1.165) is 13.1 Å². The number of hydrogen-bond donors (Lipinski definition) is 1. The van der Waals surface area contributed by atoms with Crippen molar-refractivity contribution in [3.63, 3.8) is 0 Å². The molecule has 1 aromatic heterocycles. The Bertz CT molecular complexity index is 473. The minimum absolute atomic E-state index is 0.0998. The van der Waals surface area contributed by atoms with E-state index in [-0.39, 0.29) is 17.1 Å². The summed E-state index contributed by atoms with van der Waals surface area (Å²) in [5.41, 5.74) is -0.0741. The number of aromatic nitrogens is 1. The zero-order valence-corrected chi connectivity index (χ0v) is 11.9. The molecule has 2 heterocycles. The van der Waals surface area contributed by atoms with Gasteiger partial charge in [-0.05, 0) is 26.0 Å². The molecule has 5 nitrogen and oxygen atoms in total. The van der Waals surface area contributed by atoms with E-state index >= 15 is 0 Å². The van der Waals surface area contributed by atoms with Gasteiger partial charge in [-0.3, -0.25) is 9.69 Å². The van der Waals surface area contributed by atoms with E-state index in [1.54, 1.807) is 0 Å². The molecule has 0 aliphatic carbocycles. The van der Waals surface area contributed by atoms with Crippen LogP contribution in [0.2, 0.25) is 0 Å². The molecule has 0 bridgehead atoms. The predicted octanol–water partition coefficient (Wildman–Crippen LogP) is 1.06. The Kier molecular flexibility index (Phi) is 4.67. The Labute approximate surface area is 118 Å². The molecule has 0 spiro atoms. The number of nitrogens with zero attached hydrogens (tertiary/aromatic N) is 2. The van der Waals surface area contributed by atoms with Crippen LogP contribution < -0.4 is 5.32 Å². The molecule has 0 unspecified atom stereocenters. The molecule has 20 heavy (non-hydrogen) atoms. The van der Waals surface area contributed by atoms with Gasteiger partial charge in [0.2, 0.25) is 5.95 Å². The van der Waals surface area contributed by atoms with Gasteiger partial charge in [-0.2, -0.15) is 4.39 Å². The highest BCUT2D eigenvalue weighted by Gasteiger charge is 2.28. The molecule has 0 aromatic carbocycles. The Morgan fingerprint density at radius 2 is 2.15 bits per heavy atom. The van der Waals surface area contributed by atoms with Gasteiger partial charge in [0.25, 0.3) is 5.91 Å². The van der Waals surface area contributed by atoms with Crippen molar-refractivity contribution in [1.29, 1.82) is 0 Å². The number of carbonyl (C=O) groups excluding carboxylic acids is 1. The number of morpholine rings is 1. The molecule has 2 rings (SSSR count). The lowest BCUT2D eigenvalue weighted by Gasteiger charge is -2.40. The first-order valence-electron chi connectivity index (χ1n) is 6.72. The number of carbonyl (C=O) groups is 1. The van der Waals surface area contributed by atoms with Crippen LogP contribution in [0.3, 0.4) is 0 Å². The van der Waals surface area contributed by atoms with E-state index in [0.29, 0.717) is 19.8 Å². The molecular formula is C14H20FN3O2. The highest BCUT2D eigenvalue weighted by molar-refractivity contribution is 5.92. The summed E-state index contributed by atoms with van der Waals surface area (Å²) in [6.45, 7) is 7.73. The molecule has 1 aromatic rings. The van der Waals surface area contributed by atoms with Gasteiger partial charge in [-0.15, -0.1) is 0 Å². The van der Waals surface area contributed by atoms with Crippen LogP contribution in [0, 0.1) is 5.95 Å². The summed E-state index contributed by atoms with van der Waals surface area (Å²) in [4.78, 5) is 17.8. The summed E-state index contributed by atoms with van der Waals surface area (Å²) in [6, 6.07) is 4.19. The Morgan fingerprint density at radius 3 is 2.80 bits per heavy atom. The van der Waals surface area contributed by atoms with Gasteiger partial charge in [0.1, 0.15) is 5.69 Å². The van der Waals surface area contributed by atoms with Gasteiger partial charge in [-0.1, -0.05) is 6.07 Å². The average Bonchev–Trinajstić information content (AvgIpc) is 2.46. The number of halogens is 1. The van der Waals surface area contributed by atoms with Crippen LogP contribution in [0.25, 0.3) is 0 Å². The van der Waals surface area contributed by atoms with Gasteiger partial charge < -0.3 is 10.1 Å². The Balaban J connectivity index is 1.91. The molecule has 1 aliphatic rings. The Hall–Kier alpha value is -1.53. The molecule has 1 amide bonds. The fourth-order valence-electron chi connectivity index (χ4n) is 2.20. The predicted molar refractivity (Wildman–Crippen MR) is 73.0 cm³/mol. The molecular weight excluding hydrogens is 261 g/mol. The van der Waals surface area contributed by atoms with Crippen molar-refractivity contribution in [2.45, 2.75) is 19.4 Å². The SMILES string of the molecule is CC(C)(CNC(=O)c1cccc(F)n1)N1CCOCC1. The third-order valence-electron chi connectivity index (χ3n) is 3.50. The fraction of sp³-hybridized carbons (Fsp3) is 0.571. The van der Waals surface area contributed by atoms with E-state index in [1.807, 2.05) is 0 Å². The summed E-state index contributed by atoms with van der Waals surface area (Å²) in [5.74, 6) is -1.00.